The van der Waals surface area contributed by atoms with Crippen LogP contribution >= 0.6 is 0 Å². The SMILES string of the molecule is O=C1CCc2c(Oc3ccc4cc(C(=O)NO)cnc4c3)ccnc2N1. The zero-order valence-electron chi connectivity index (χ0n) is 13.5. The second-order valence-corrected chi connectivity index (χ2v) is 5.81. The third-order valence-electron chi connectivity index (χ3n) is 4.12. The van der Waals surface area contributed by atoms with Gasteiger partial charge in [-0.2, -0.15) is 0 Å². The topological polar surface area (TPSA) is 113 Å². The summed E-state index contributed by atoms with van der Waals surface area (Å²) in [5, 5.41) is 12.2. The summed E-state index contributed by atoms with van der Waals surface area (Å²) < 4.78 is 5.97. The van der Waals surface area contributed by atoms with E-state index in [0.29, 0.717) is 35.7 Å². The number of hydrogen-bond donors (Lipinski definition) is 3. The highest BCUT2D eigenvalue weighted by atomic mass is 16.5. The molecule has 2 aromatic heterocycles. The van der Waals surface area contributed by atoms with Gasteiger partial charge in [0.25, 0.3) is 5.91 Å². The Morgan fingerprint density at radius 1 is 1.19 bits per heavy atom. The van der Waals surface area contributed by atoms with Gasteiger partial charge in [-0.15, -0.1) is 0 Å². The van der Waals surface area contributed by atoms with Gasteiger partial charge in [-0.25, -0.2) is 10.5 Å². The van der Waals surface area contributed by atoms with E-state index in [1.165, 1.54) is 6.20 Å². The van der Waals surface area contributed by atoms with Crippen LogP contribution in [0.25, 0.3) is 10.9 Å². The van der Waals surface area contributed by atoms with Crippen LogP contribution in [0, 0.1) is 0 Å². The maximum atomic E-state index is 11.5. The fraction of sp³-hybridized carbons (Fsp3) is 0.111. The molecular formula is C18H14N4O4. The molecule has 0 saturated carbocycles. The van der Waals surface area contributed by atoms with Crippen LogP contribution in [-0.4, -0.2) is 27.0 Å². The van der Waals surface area contributed by atoms with Crippen LogP contribution in [0.4, 0.5) is 5.82 Å². The summed E-state index contributed by atoms with van der Waals surface area (Å²) >= 11 is 0. The van der Waals surface area contributed by atoms with Crippen molar-refractivity contribution >= 4 is 28.5 Å². The van der Waals surface area contributed by atoms with Gasteiger partial charge in [0.05, 0.1) is 11.1 Å². The number of fused-ring (bicyclic) bond motifs is 2. The Hall–Kier alpha value is -3.52. The lowest BCUT2D eigenvalue weighted by Crippen LogP contribution is -2.20. The molecular weight excluding hydrogens is 336 g/mol. The molecule has 8 nitrogen and oxygen atoms in total. The third-order valence-corrected chi connectivity index (χ3v) is 4.12. The Balaban J connectivity index is 1.65. The number of carbonyl (C=O) groups excluding carboxylic acids is 2. The van der Waals surface area contributed by atoms with Gasteiger partial charge in [-0.05, 0) is 30.7 Å². The number of hydrogen-bond acceptors (Lipinski definition) is 6. The van der Waals surface area contributed by atoms with E-state index >= 15 is 0 Å². The maximum absolute atomic E-state index is 11.5. The number of anilines is 1. The van der Waals surface area contributed by atoms with E-state index in [1.807, 2.05) is 0 Å². The molecule has 0 spiro atoms. The lowest BCUT2D eigenvalue weighted by molar-refractivity contribution is -0.116. The highest BCUT2D eigenvalue weighted by Gasteiger charge is 2.20. The third kappa shape index (κ3) is 2.93. The molecule has 0 aliphatic carbocycles. The largest absolute Gasteiger partial charge is 0.457 e. The molecule has 3 aromatic rings. The number of benzene rings is 1. The van der Waals surface area contributed by atoms with Crippen molar-refractivity contribution in [1.29, 1.82) is 0 Å². The molecule has 3 N–H and O–H groups in total. The van der Waals surface area contributed by atoms with Crippen LogP contribution in [-0.2, 0) is 11.2 Å². The summed E-state index contributed by atoms with van der Waals surface area (Å²) in [5.41, 5.74) is 3.34. The Morgan fingerprint density at radius 2 is 2.08 bits per heavy atom. The molecule has 0 bridgehead atoms. The molecule has 0 atom stereocenters. The van der Waals surface area contributed by atoms with Crippen molar-refractivity contribution in [2.24, 2.45) is 0 Å². The van der Waals surface area contributed by atoms with Crippen molar-refractivity contribution < 1.29 is 19.5 Å². The Labute approximate surface area is 147 Å². The first-order valence-corrected chi connectivity index (χ1v) is 7.94. The number of nitrogens with one attached hydrogen (secondary N) is 2. The van der Waals surface area contributed by atoms with Crippen LogP contribution in [0.3, 0.4) is 0 Å². The predicted octanol–water partition coefficient (Wildman–Crippen LogP) is 2.43. The van der Waals surface area contributed by atoms with Gasteiger partial charge < -0.3 is 10.1 Å². The lowest BCUT2D eigenvalue weighted by atomic mass is 10.1. The molecule has 8 heteroatoms. The number of rotatable bonds is 3. The minimum Gasteiger partial charge on any atom is -0.457 e. The fourth-order valence-electron chi connectivity index (χ4n) is 2.83. The van der Waals surface area contributed by atoms with E-state index in [0.717, 1.165) is 10.9 Å². The number of amides is 2. The minimum atomic E-state index is -0.620. The first-order chi connectivity index (χ1) is 12.6. The van der Waals surface area contributed by atoms with E-state index in [-0.39, 0.29) is 11.5 Å². The van der Waals surface area contributed by atoms with Gasteiger partial charge in [0.15, 0.2) is 0 Å². The number of aromatic nitrogens is 2. The predicted molar refractivity (Wildman–Crippen MR) is 92.3 cm³/mol. The van der Waals surface area contributed by atoms with Crippen molar-refractivity contribution in [1.82, 2.24) is 15.4 Å². The van der Waals surface area contributed by atoms with Crippen LogP contribution in [0.15, 0.2) is 42.7 Å². The zero-order chi connectivity index (χ0) is 18.1. The number of hydroxylamine groups is 1. The first kappa shape index (κ1) is 16.0. The molecule has 2 amide bonds. The van der Waals surface area contributed by atoms with Gasteiger partial charge in [0, 0.05) is 35.8 Å². The zero-order valence-corrected chi connectivity index (χ0v) is 13.5. The van der Waals surface area contributed by atoms with Crippen molar-refractivity contribution in [3.8, 4) is 11.5 Å². The van der Waals surface area contributed by atoms with Crippen LogP contribution in [0.2, 0.25) is 0 Å². The summed E-state index contributed by atoms with van der Waals surface area (Å²) in [4.78, 5) is 31.4. The average molecular weight is 350 g/mol. The minimum absolute atomic E-state index is 0.0558. The van der Waals surface area contributed by atoms with Crippen molar-refractivity contribution in [3.63, 3.8) is 0 Å². The highest BCUT2D eigenvalue weighted by Crippen LogP contribution is 2.33. The number of nitrogens with zero attached hydrogens (tertiary/aromatic N) is 2. The van der Waals surface area contributed by atoms with Crippen molar-refractivity contribution in [3.05, 3.63) is 53.9 Å². The highest BCUT2D eigenvalue weighted by molar-refractivity contribution is 5.96. The second kappa shape index (κ2) is 6.41. The van der Waals surface area contributed by atoms with Crippen LogP contribution in [0.5, 0.6) is 11.5 Å². The van der Waals surface area contributed by atoms with Gasteiger partial charge in [-0.1, -0.05) is 0 Å². The van der Waals surface area contributed by atoms with E-state index in [9.17, 15) is 9.59 Å². The van der Waals surface area contributed by atoms with E-state index in [1.54, 1.807) is 42.0 Å². The summed E-state index contributed by atoms with van der Waals surface area (Å²) in [7, 11) is 0. The van der Waals surface area contributed by atoms with Crippen LogP contribution < -0.4 is 15.5 Å². The second-order valence-electron chi connectivity index (χ2n) is 5.81. The van der Waals surface area contributed by atoms with Crippen LogP contribution in [0.1, 0.15) is 22.3 Å². The van der Waals surface area contributed by atoms with Crippen molar-refractivity contribution in [2.75, 3.05) is 5.32 Å². The van der Waals surface area contributed by atoms with E-state index in [4.69, 9.17) is 9.94 Å². The molecule has 26 heavy (non-hydrogen) atoms. The van der Waals surface area contributed by atoms with Gasteiger partial charge >= 0.3 is 0 Å². The molecule has 4 rings (SSSR count). The van der Waals surface area contributed by atoms with Gasteiger partial charge in [-0.3, -0.25) is 19.8 Å². The summed E-state index contributed by atoms with van der Waals surface area (Å²) in [6, 6.07) is 8.68. The quantitative estimate of drug-likeness (QED) is 0.494. The normalized spacial score (nSPS) is 13.0. The van der Waals surface area contributed by atoms with Gasteiger partial charge in [0.2, 0.25) is 5.91 Å². The maximum Gasteiger partial charge on any atom is 0.276 e. The summed E-state index contributed by atoms with van der Waals surface area (Å²) in [6.07, 6.45) is 3.92. The molecule has 130 valence electrons. The molecule has 3 heterocycles. The molecule has 0 saturated heterocycles. The van der Waals surface area contributed by atoms with E-state index in [2.05, 4.69) is 15.3 Å². The number of ether oxygens (including phenoxy) is 1. The Bertz CT molecular complexity index is 1030. The average Bonchev–Trinajstić information content (AvgIpc) is 2.67. The Kier molecular flexibility index (Phi) is 3.94. The standard InChI is InChI=1S/C18H14N4O4/c23-16-4-3-13-15(5-6-19-17(13)21-16)26-12-2-1-10-7-11(18(24)22-25)9-20-14(10)8-12/h1-2,5-9,25H,3-4H2,(H,22,24)(H,19,21,23). The summed E-state index contributed by atoms with van der Waals surface area (Å²) in [5.74, 6) is 1.06. The fourth-order valence-corrected chi connectivity index (χ4v) is 2.83. The molecule has 0 radical (unpaired) electrons. The number of carbonyl (C=O) groups is 2. The molecule has 0 fully saturated rings. The molecule has 0 unspecified atom stereocenters. The van der Waals surface area contributed by atoms with Gasteiger partial charge in [0.1, 0.15) is 17.3 Å². The van der Waals surface area contributed by atoms with E-state index < -0.39 is 5.91 Å². The first-order valence-electron chi connectivity index (χ1n) is 7.94. The summed E-state index contributed by atoms with van der Waals surface area (Å²) in [6.45, 7) is 0. The monoisotopic (exact) mass is 350 g/mol. The molecule has 1 aliphatic rings. The lowest BCUT2D eigenvalue weighted by Gasteiger charge is -2.18. The molecule has 1 aliphatic heterocycles. The smallest absolute Gasteiger partial charge is 0.276 e. The van der Waals surface area contributed by atoms with Crippen molar-refractivity contribution in [2.45, 2.75) is 12.8 Å². The molecule has 1 aromatic carbocycles. The Morgan fingerprint density at radius 3 is 2.92 bits per heavy atom. The number of pyridine rings is 2.